The number of nitrogens with two attached hydrogens (primary N) is 1. The van der Waals surface area contributed by atoms with Crippen LogP contribution in [0.15, 0.2) is 16.7 Å². The van der Waals surface area contributed by atoms with Gasteiger partial charge in [-0.15, -0.1) is 0 Å². The van der Waals surface area contributed by atoms with Crippen molar-refractivity contribution in [2.75, 3.05) is 5.73 Å². The van der Waals surface area contributed by atoms with Gasteiger partial charge < -0.3 is 5.73 Å². The van der Waals surface area contributed by atoms with Gasteiger partial charge in [-0.2, -0.15) is 10.1 Å². The van der Waals surface area contributed by atoms with Gasteiger partial charge in [-0.25, -0.2) is 9.67 Å². The third kappa shape index (κ3) is 1.85. The number of rotatable bonds is 1. The first-order valence-corrected chi connectivity index (χ1v) is 5.19. The third-order valence-corrected chi connectivity index (χ3v) is 2.51. The van der Waals surface area contributed by atoms with Crippen molar-refractivity contribution in [2.24, 2.45) is 0 Å². The van der Waals surface area contributed by atoms with Crippen molar-refractivity contribution >= 4 is 21.9 Å². The lowest BCUT2D eigenvalue weighted by atomic mass is 10.4. The highest BCUT2D eigenvalue weighted by Gasteiger charge is 2.09. The summed E-state index contributed by atoms with van der Waals surface area (Å²) in [7, 11) is 0. The number of aryl methyl sites for hydroxylation is 2. The average molecular weight is 268 g/mol. The van der Waals surface area contributed by atoms with Gasteiger partial charge in [0.2, 0.25) is 5.95 Å². The molecule has 0 aliphatic carbocycles. The zero-order valence-electron chi connectivity index (χ0n) is 8.40. The summed E-state index contributed by atoms with van der Waals surface area (Å²) >= 11 is 3.37. The van der Waals surface area contributed by atoms with E-state index in [1.54, 1.807) is 10.9 Å². The maximum absolute atomic E-state index is 5.54. The zero-order chi connectivity index (χ0) is 11.0. The molecule has 0 saturated carbocycles. The molecule has 2 rings (SSSR count). The van der Waals surface area contributed by atoms with Gasteiger partial charge in [-0.05, 0) is 35.8 Å². The summed E-state index contributed by atoms with van der Waals surface area (Å²) in [5, 5.41) is 4.32. The summed E-state index contributed by atoms with van der Waals surface area (Å²) in [6.07, 6.45) is 1.62. The van der Waals surface area contributed by atoms with Crippen LogP contribution in [0.2, 0.25) is 0 Å². The second-order valence-electron chi connectivity index (χ2n) is 3.24. The Morgan fingerprint density at radius 2 is 2.13 bits per heavy atom. The Bertz CT molecular complexity index is 505. The topological polar surface area (TPSA) is 69.6 Å². The molecule has 2 heterocycles. The Balaban J connectivity index is 2.62. The van der Waals surface area contributed by atoms with Crippen molar-refractivity contribution in [1.82, 2.24) is 19.7 Å². The van der Waals surface area contributed by atoms with Crippen LogP contribution in [0.25, 0.3) is 5.82 Å². The first kappa shape index (κ1) is 10.1. The van der Waals surface area contributed by atoms with Crippen molar-refractivity contribution in [2.45, 2.75) is 13.8 Å². The van der Waals surface area contributed by atoms with Crippen LogP contribution >= 0.6 is 15.9 Å². The molecule has 2 aromatic heterocycles. The molecule has 0 radical (unpaired) electrons. The molecule has 0 amide bonds. The molecule has 0 bridgehead atoms. The van der Waals surface area contributed by atoms with Crippen LogP contribution in [-0.4, -0.2) is 19.7 Å². The van der Waals surface area contributed by atoms with Crippen LogP contribution < -0.4 is 5.73 Å². The molecule has 0 unspecified atom stereocenters. The van der Waals surface area contributed by atoms with Gasteiger partial charge in [0, 0.05) is 11.9 Å². The van der Waals surface area contributed by atoms with Crippen molar-refractivity contribution in [3.8, 4) is 5.82 Å². The minimum atomic E-state index is 0.237. The Morgan fingerprint density at radius 3 is 2.73 bits per heavy atom. The van der Waals surface area contributed by atoms with Crippen LogP contribution in [0, 0.1) is 13.8 Å². The van der Waals surface area contributed by atoms with Gasteiger partial charge >= 0.3 is 0 Å². The molecule has 0 saturated heterocycles. The Kier molecular flexibility index (Phi) is 2.44. The molecule has 15 heavy (non-hydrogen) atoms. The first-order valence-electron chi connectivity index (χ1n) is 4.39. The fraction of sp³-hybridized carbons (Fsp3) is 0.222. The number of halogens is 1. The molecule has 0 atom stereocenters. The lowest BCUT2D eigenvalue weighted by Gasteiger charge is -2.05. The van der Waals surface area contributed by atoms with Gasteiger partial charge in [0.05, 0.1) is 10.2 Å². The second kappa shape index (κ2) is 3.62. The van der Waals surface area contributed by atoms with Crippen molar-refractivity contribution < 1.29 is 0 Å². The molecule has 6 heteroatoms. The molecular weight excluding hydrogens is 258 g/mol. The molecule has 2 aromatic rings. The maximum Gasteiger partial charge on any atom is 0.222 e. The van der Waals surface area contributed by atoms with Crippen molar-refractivity contribution in [1.29, 1.82) is 0 Å². The molecule has 5 nitrogen and oxygen atoms in total. The van der Waals surface area contributed by atoms with E-state index >= 15 is 0 Å². The molecule has 0 aliphatic heterocycles. The lowest BCUT2D eigenvalue weighted by Crippen LogP contribution is -2.06. The summed E-state index contributed by atoms with van der Waals surface area (Å²) in [4.78, 5) is 8.02. The minimum Gasteiger partial charge on any atom is -0.368 e. The number of nitrogens with zero attached hydrogens (tertiary/aromatic N) is 4. The van der Waals surface area contributed by atoms with E-state index in [1.807, 2.05) is 19.9 Å². The SMILES string of the molecule is Cc1cc(C)n(-c2nc(N)ncc2Br)n1. The Labute approximate surface area is 95.5 Å². The first-order chi connectivity index (χ1) is 7.08. The quantitative estimate of drug-likeness (QED) is 0.853. The van der Waals surface area contributed by atoms with E-state index in [2.05, 4.69) is 31.0 Å². The highest BCUT2D eigenvalue weighted by Crippen LogP contribution is 2.19. The number of anilines is 1. The van der Waals surface area contributed by atoms with Crippen LogP contribution in [0.1, 0.15) is 11.4 Å². The normalized spacial score (nSPS) is 10.6. The summed E-state index contributed by atoms with van der Waals surface area (Å²) < 4.78 is 2.50. The standard InChI is InChI=1S/C9H10BrN5/c1-5-3-6(2)15(14-5)8-7(10)4-12-9(11)13-8/h3-4H,1-2H3,(H2,11,12,13). The van der Waals surface area contributed by atoms with Gasteiger partial charge in [-0.1, -0.05) is 0 Å². The highest BCUT2D eigenvalue weighted by atomic mass is 79.9. The maximum atomic E-state index is 5.54. The predicted molar refractivity (Wildman–Crippen MR) is 60.7 cm³/mol. The fourth-order valence-corrected chi connectivity index (χ4v) is 1.72. The van der Waals surface area contributed by atoms with E-state index in [0.717, 1.165) is 15.9 Å². The summed E-state index contributed by atoms with van der Waals surface area (Å²) in [5.41, 5.74) is 7.48. The van der Waals surface area contributed by atoms with Crippen LogP contribution in [0.5, 0.6) is 0 Å². The van der Waals surface area contributed by atoms with Gasteiger partial charge in [0.25, 0.3) is 0 Å². The summed E-state index contributed by atoms with van der Waals surface area (Å²) in [6.45, 7) is 3.90. The van der Waals surface area contributed by atoms with Gasteiger partial charge in [-0.3, -0.25) is 0 Å². The van der Waals surface area contributed by atoms with E-state index in [0.29, 0.717) is 5.82 Å². The van der Waals surface area contributed by atoms with E-state index < -0.39 is 0 Å². The van der Waals surface area contributed by atoms with Crippen LogP contribution in [0.4, 0.5) is 5.95 Å². The van der Waals surface area contributed by atoms with Crippen molar-refractivity contribution in [3.63, 3.8) is 0 Å². The molecule has 0 aliphatic rings. The molecule has 2 N–H and O–H groups in total. The summed E-state index contributed by atoms with van der Waals surface area (Å²) in [5.74, 6) is 0.897. The number of hydrogen-bond donors (Lipinski definition) is 1. The van der Waals surface area contributed by atoms with Gasteiger partial charge in [0.15, 0.2) is 5.82 Å². The Morgan fingerprint density at radius 1 is 1.40 bits per heavy atom. The average Bonchev–Trinajstić information content (AvgIpc) is 2.50. The van der Waals surface area contributed by atoms with E-state index in [1.165, 1.54) is 0 Å². The largest absolute Gasteiger partial charge is 0.368 e. The van der Waals surface area contributed by atoms with Gasteiger partial charge in [0.1, 0.15) is 0 Å². The Hall–Kier alpha value is -1.43. The van der Waals surface area contributed by atoms with E-state index in [4.69, 9.17) is 5.73 Å². The highest BCUT2D eigenvalue weighted by molar-refractivity contribution is 9.10. The lowest BCUT2D eigenvalue weighted by molar-refractivity contribution is 0.798. The monoisotopic (exact) mass is 267 g/mol. The third-order valence-electron chi connectivity index (χ3n) is 1.95. The van der Waals surface area contributed by atoms with Crippen LogP contribution in [-0.2, 0) is 0 Å². The molecular formula is C9H10BrN5. The number of nitrogen functional groups attached to an aromatic ring is 1. The minimum absolute atomic E-state index is 0.237. The smallest absolute Gasteiger partial charge is 0.222 e. The molecule has 0 aromatic carbocycles. The predicted octanol–water partition coefficient (Wildman–Crippen LogP) is 1.62. The molecule has 78 valence electrons. The van der Waals surface area contributed by atoms with E-state index in [9.17, 15) is 0 Å². The summed E-state index contributed by atoms with van der Waals surface area (Å²) in [6, 6.07) is 1.98. The molecule has 0 fully saturated rings. The number of aromatic nitrogens is 4. The zero-order valence-corrected chi connectivity index (χ0v) is 9.98. The van der Waals surface area contributed by atoms with Crippen LogP contribution in [0.3, 0.4) is 0 Å². The number of hydrogen-bond acceptors (Lipinski definition) is 4. The molecule has 0 spiro atoms. The van der Waals surface area contributed by atoms with E-state index in [-0.39, 0.29) is 5.95 Å². The second-order valence-corrected chi connectivity index (χ2v) is 4.09. The fourth-order valence-electron chi connectivity index (χ4n) is 1.36. The van der Waals surface area contributed by atoms with Crippen molar-refractivity contribution in [3.05, 3.63) is 28.1 Å².